The first-order valence-electron chi connectivity index (χ1n) is 13.3. The molecule has 0 spiro atoms. The number of nitrogens with zero attached hydrogens (tertiary/aromatic N) is 1. The van der Waals surface area contributed by atoms with Gasteiger partial charge in [0, 0.05) is 18.5 Å². The molecule has 0 aliphatic carbocycles. The minimum absolute atomic E-state index is 0.257. The average Bonchev–Trinajstić information content (AvgIpc) is 2.78. The predicted octanol–water partition coefficient (Wildman–Crippen LogP) is 5.63. The summed E-state index contributed by atoms with van der Waals surface area (Å²) in [7, 11) is 0. The topological polar surface area (TPSA) is 87.7 Å². The van der Waals surface area contributed by atoms with Gasteiger partial charge in [-0.1, -0.05) is 55.5 Å². The Morgan fingerprint density at radius 1 is 0.895 bits per heavy atom. The van der Waals surface area contributed by atoms with Crippen LogP contribution in [0.4, 0.5) is 4.79 Å². The summed E-state index contributed by atoms with van der Waals surface area (Å²) in [5.74, 6) is -0.592. The summed E-state index contributed by atoms with van der Waals surface area (Å²) in [6.07, 6.45) is 0.228. The molecule has 0 aliphatic rings. The first-order chi connectivity index (χ1) is 17.6. The number of carbonyl (C=O) groups is 3. The van der Waals surface area contributed by atoms with Crippen LogP contribution in [0.25, 0.3) is 0 Å². The van der Waals surface area contributed by atoms with Crippen LogP contribution < -0.4 is 10.6 Å². The Labute approximate surface area is 228 Å². The van der Waals surface area contributed by atoms with E-state index in [4.69, 9.17) is 4.74 Å². The SMILES string of the molecule is CCCN(C(=O)C(Cc1ccccc1)NC(=O)OC(C)(C)C)C(C(=O)NC(C)(C)C)c1c(C)cccc1C. The van der Waals surface area contributed by atoms with Crippen LogP contribution in [0, 0.1) is 13.8 Å². The molecule has 0 heterocycles. The van der Waals surface area contributed by atoms with Gasteiger partial charge in [-0.25, -0.2) is 4.79 Å². The second-order valence-electron chi connectivity index (χ2n) is 11.9. The molecule has 7 heteroatoms. The van der Waals surface area contributed by atoms with E-state index in [1.165, 1.54) is 0 Å². The number of benzene rings is 2. The zero-order chi connectivity index (χ0) is 28.7. The molecule has 208 valence electrons. The molecule has 2 atom stereocenters. The Morgan fingerprint density at radius 2 is 1.47 bits per heavy atom. The quantitative estimate of drug-likeness (QED) is 0.446. The lowest BCUT2D eigenvalue weighted by Crippen LogP contribution is -2.55. The number of hydrogen-bond donors (Lipinski definition) is 2. The van der Waals surface area contributed by atoms with Gasteiger partial charge >= 0.3 is 6.09 Å². The summed E-state index contributed by atoms with van der Waals surface area (Å²) in [6, 6.07) is 13.6. The van der Waals surface area contributed by atoms with Crippen LogP contribution in [0.3, 0.4) is 0 Å². The fourth-order valence-electron chi connectivity index (χ4n) is 4.43. The number of ether oxygens (including phenoxy) is 1. The van der Waals surface area contributed by atoms with Crippen molar-refractivity contribution in [1.82, 2.24) is 15.5 Å². The largest absolute Gasteiger partial charge is 0.444 e. The number of amides is 3. The van der Waals surface area contributed by atoms with Gasteiger partial charge < -0.3 is 20.3 Å². The standard InChI is InChI=1S/C31H45N3O4/c1-10-19-34(26(27(35)33-30(4,5)6)25-21(2)15-14-16-22(25)3)28(36)24(20-23-17-12-11-13-18-23)32-29(37)38-31(7,8)9/h11-18,24,26H,10,19-20H2,1-9H3,(H,32,37)(H,33,35). The third kappa shape index (κ3) is 9.19. The molecule has 0 saturated carbocycles. The molecule has 2 aromatic rings. The van der Waals surface area contributed by atoms with Crippen molar-refractivity contribution in [3.8, 4) is 0 Å². The van der Waals surface area contributed by atoms with E-state index in [1.54, 1.807) is 25.7 Å². The lowest BCUT2D eigenvalue weighted by Gasteiger charge is -2.37. The molecule has 0 bridgehead atoms. The zero-order valence-electron chi connectivity index (χ0n) is 24.5. The van der Waals surface area contributed by atoms with Crippen LogP contribution >= 0.6 is 0 Å². The maximum Gasteiger partial charge on any atom is 0.408 e. The highest BCUT2D eigenvalue weighted by molar-refractivity contribution is 5.93. The van der Waals surface area contributed by atoms with Crippen molar-refractivity contribution in [1.29, 1.82) is 0 Å². The molecule has 0 aromatic heterocycles. The fraction of sp³-hybridized carbons (Fsp3) is 0.516. The highest BCUT2D eigenvalue weighted by Gasteiger charge is 2.38. The van der Waals surface area contributed by atoms with E-state index in [0.29, 0.717) is 13.0 Å². The number of nitrogens with one attached hydrogen (secondary N) is 2. The summed E-state index contributed by atoms with van der Waals surface area (Å²) in [5.41, 5.74) is 2.32. The van der Waals surface area contributed by atoms with E-state index in [1.807, 2.05) is 90.1 Å². The van der Waals surface area contributed by atoms with E-state index in [2.05, 4.69) is 10.6 Å². The van der Waals surface area contributed by atoms with Gasteiger partial charge in [0.15, 0.2) is 0 Å². The Bertz CT molecular complexity index is 1080. The molecule has 38 heavy (non-hydrogen) atoms. The second kappa shape index (κ2) is 12.9. The second-order valence-corrected chi connectivity index (χ2v) is 11.9. The van der Waals surface area contributed by atoms with E-state index in [0.717, 1.165) is 22.3 Å². The molecule has 7 nitrogen and oxygen atoms in total. The van der Waals surface area contributed by atoms with E-state index >= 15 is 0 Å². The zero-order valence-corrected chi connectivity index (χ0v) is 24.5. The Balaban J connectivity index is 2.60. The van der Waals surface area contributed by atoms with Crippen LogP contribution in [0.15, 0.2) is 48.5 Å². The van der Waals surface area contributed by atoms with Crippen LogP contribution in [0.1, 0.15) is 83.2 Å². The van der Waals surface area contributed by atoms with Crippen LogP contribution in [-0.2, 0) is 20.7 Å². The molecular formula is C31H45N3O4. The summed E-state index contributed by atoms with van der Waals surface area (Å²) >= 11 is 0. The number of rotatable bonds is 9. The number of alkyl carbamates (subject to hydrolysis) is 1. The van der Waals surface area contributed by atoms with Gasteiger partial charge in [0.25, 0.3) is 0 Å². The summed E-state index contributed by atoms with van der Waals surface area (Å²) in [5, 5.41) is 5.88. The van der Waals surface area contributed by atoms with Gasteiger partial charge in [0.1, 0.15) is 17.7 Å². The highest BCUT2D eigenvalue weighted by atomic mass is 16.6. The molecule has 0 saturated heterocycles. The maximum atomic E-state index is 14.3. The minimum Gasteiger partial charge on any atom is -0.444 e. The highest BCUT2D eigenvalue weighted by Crippen LogP contribution is 2.29. The van der Waals surface area contributed by atoms with Crippen molar-refractivity contribution in [2.45, 2.75) is 98.4 Å². The molecule has 0 aliphatic heterocycles. The normalized spacial score (nSPS) is 13.3. The Morgan fingerprint density at radius 3 is 1.97 bits per heavy atom. The molecular weight excluding hydrogens is 478 g/mol. The van der Waals surface area contributed by atoms with Gasteiger partial charge in [-0.3, -0.25) is 9.59 Å². The van der Waals surface area contributed by atoms with Crippen molar-refractivity contribution >= 4 is 17.9 Å². The third-order valence-corrected chi connectivity index (χ3v) is 5.89. The number of aryl methyl sites for hydroxylation is 2. The van der Waals surface area contributed by atoms with Gasteiger partial charge in [-0.05, 0) is 84.1 Å². The maximum absolute atomic E-state index is 14.3. The summed E-state index contributed by atoms with van der Waals surface area (Å²) in [4.78, 5) is 42.6. The monoisotopic (exact) mass is 523 g/mol. The van der Waals surface area contributed by atoms with Crippen molar-refractivity contribution in [2.75, 3.05) is 6.54 Å². The molecule has 0 radical (unpaired) electrons. The van der Waals surface area contributed by atoms with Crippen LogP contribution in [0.2, 0.25) is 0 Å². The number of hydrogen-bond acceptors (Lipinski definition) is 4. The van der Waals surface area contributed by atoms with Crippen LogP contribution in [-0.4, -0.2) is 46.5 Å². The molecule has 2 aromatic carbocycles. The predicted molar refractivity (Wildman–Crippen MR) is 152 cm³/mol. The third-order valence-electron chi connectivity index (χ3n) is 5.89. The van der Waals surface area contributed by atoms with Crippen molar-refractivity contribution < 1.29 is 19.1 Å². The summed E-state index contributed by atoms with van der Waals surface area (Å²) < 4.78 is 5.49. The molecule has 0 fully saturated rings. The number of carbonyl (C=O) groups excluding carboxylic acids is 3. The van der Waals surface area contributed by atoms with Gasteiger partial charge in [-0.15, -0.1) is 0 Å². The Kier molecular flexibility index (Phi) is 10.5. The fourth-order valence-corrected chi connectivity index (χ4v) is 4.43. The van der Waals surface area contributed by atoms with Crippen molar-refractivity contribution in [3.05, 3.63) is 70.8 Å². The lowest BCUT2D eigenvalue weighted by molar-refractivity contribution is -0.143. The lowest BCUT2D eigenvalue weighted by atomic mass is 9.92. The first kappa shape index (κ1) is 30.9. The summed E-state index contributed by atoms with van der Waals surface area (Å²) in [6.45, 7) is 17.3. The molecule has 2 rings (SSSR count). The van der Waals surface area contributed by atoms with Gasteiger partial charge in [0.05, 0.1) is 0 Å². The molecule has 3 amide bonds. The van der Waals surface area contributed by atoms with Gasteiger partial charge in [0.2, 0.25) is 11.8 Å². The average molecular weight is 524 g/mol. The first-order valence-corrected chi connectivity index (χ1v) is 13.3. The van der Waals surface area contributed by atoms with Crippen LogP contribution in [0.5, 0.6) is 0 Å². The minimum atomic E-state index is -0.923. The van der Waals surface area contributed by atoms with Crippen molar-refractivity contribution in [2.24, 2.45) is 0 Å². The van der Waals surface area contributed by atoms with E-state index < -0.39 is 29.3 Å². The van der Waals surface area contributed by atoms with Crippen molar-refractivity contribution in [3.63, 3.8) is 0 Å². The van der Waals surface area contributed by atoms with Gasteiger partial charge in [-0.2, -0.15) is 0 Å². The van der Waals surface area contributed by atoms with E-state index in [9.17, 15) is 14.4 Å². The molecule has 2 N–H and O–H groups in total. The molecule has 2 unspecified atom stereocenters. The smallest absolute Gasteiger partial charge is 0.408 e. The Hall–Kier alpha value is -3.35. The van der Waals surface area contributed by atoms with E-state index in [-0.39, 0.29) is 18.2 Å².